The molecule has 3 nitrogen and oxygen atoms in total. The van der Waals surface area contributed by atoms with Crippen molar-refractivity contribution in [2.24, 2.45) is 7.05 Å². The highest BCUT2D eigenvalue weighted by molar-refractivity contribution is 7.99. The van der Waals surface area contributed by atoms with Gasteiger partial charge in [-0.25, -0.2) is 4.98 Å². The number of aromatic nitrogens is 2. The molecule has 0 unspecified atom stereocenters. The molecular formula is C11H12N2OS2. The highest BCUT2D eigenvalue weighted by Crippen LogP contribution is 2.20. The molecule has 16 heavy (non-hydrogen) atoms. The number of ketones is 1. The van der Waals surface area contributed by atoms with Crippen LogP contribution in [0.15, 0.2) is 29.7 Å². The summed E-state index contributed by atoms with van der Waals surface area (Å²) < 4.78 is 1.91. The molecule has 0 spiro atoms. The Labute approximate surface area is 103 Å². The number of aryl methyl sites for hydroxylation is 2. The molecular weight excluding hydrogens is 240 g/mol. The van der Waals surface area contributed by atoms with E-state index >= 15 is 0 Å². The normalized spacial score (nSPS) is 10.6. The van der Waals surface area contributed by atoms with Crippen LogP contribution in [0.25, 0.3) is 0 Å². The molecule has 0 aliphatic carbocycles. The number of imidazole rings is 1. The topological polar surface area (TPSA) is 34.9 Å². The molecule has 0 atom stereocenters. The van der Waals surface area contributed by atoms with Crippen LogP contribution >= 0.6 is 23.1 Å². The Hall–Kier alpha value is -1.07. The number of hydrogen-bond acceptors (Lipinski definition) is 4. The predicted octanol–water partition coefficient (Wildman–Crippen LogP) is 2.77. The Kier molecular flexibility index (Phi) is 3.46. The lowest BCUT2D eigenvalue weighted by atomic mass is 10.3. The summed E-state index contributed by atoms with van der Waals surface area (Å²) in [5, 5.41) is 0.877. The van der Waals surface area contributed by atoms with E-state index in [0.29, 0.717) is 5.75 Å². The maximum Gasteiger partial charge on any atom is 0.183 e. The lowest BCUT2D eigenvalue weighted by Crippen LogP contribution is -2.01. The second-order valence-corrected chi connectivity index (χ2v) is 5.67. The summed E-state index contributed by atoms with van der Waals surface area (Å²) in [7, 11) is 1.93. The van der Waals surface area contributed by atoms with Gasteiger partial charge in [0.2, 0.25) is 0 Å². The predicted molar refractivity (Wildman–Crippen MR) is 67.3 cm³/mol. The summed E-state index contributed by atoms with van der Waals surface area (Å²) >= 11 is 3.02. The van der Waals surface area contributed by atoms with Crippen molar-refractivity contribution in [2.45, 2.75) is 12.1 Å². The number of carbonyl (C=O) groups excluding carboxylic acids is 1. The van der Waals surface area contributed by atoms with Gasteiger partial charge in [0.1, 0.15) is 0 Å². The van der Waals surface area contributed by atoms with Crippen molar-refractivity contribution in [3.8, 4) is 0 Å². The highest BCUT2D eigenvalue weighted by atomic mass is 32.2. The smallest absolute Gasteiger partial charge is 0.183 e. The third-order valence-electron chi connectivity index (χ3n) is 2.12. The first-order chi connectivity index (χ1) is 7.66. The minimum atomic E-state index is 0.172. The van der Waals surface area contributed by atoms with Gasteiger partial charge in [-0.05, 0) is 19.1 Å². The standard InChI is InChI=1S/C11H12N2OS2/c1-8-3-4-10(16-8)9(14)7-15-11-12-5-6-13(11)2/h3-6H,7H2,1-2H3. The Morgan fingerprint density at radius 3 is 2.94 bits per heavy atom. The van der Waals surface area contributed by atoms with Crippen molar-refractivity contribution >= 4 is 28.9 Å². The van der Waals surface area contributed by atoms with E-state index in [1.807, 2.05) is 36.9 Å². The number of thiophene rings is 1. The van der Waals surface area contributed by atoms with Crippen LogP contribution in [0.3, 0.4) is 0 Å². The summed E-state index contributed by atoms with van der Waals surface area (Å²) in [5.41, 5.74) is 0. The first kappa shape index (κ1) is 11.4. The fourth-order valence-corrected chi connectivity index (χ4v) is 2.99. The third kappa shape index (κ3) is 2.54. The van der Waals surface area contributed by atoms with E-state index in [1.54, 1.807) is 17.5 Å². The molecule has 0 saturated carbocycles. The molecule has 0 N–H and O–H groups in total. The molecule has 0 aliphatic heterocycles. The van der Waals surface area contributed by atoms with Crippen molar-refractivity contribution in [1.29, 1.82) is 0 Å². The second-order valence-electron chi connectivity index (χ2n) is 3.44. The summed E-state index contributed by atoms with van der Waals surface area (Å²) in [6, 6.07) is 3.87. The van der Waals surface area contributed by atoms with Crippen molar-refractivity contribution in [2.75, 3.05) is 5.75 Å². The molecule has 0 aromatic carbocycles. The van der Waals surface area contributed by atoms with E-state index in [1.165, 1.54) is 16.6 Å². The fourth-order valence-electron chi connectivity index (χ4n) is 1.28. The Bertz CT molecular complexity index is 502. The van der Waals surface area contributed by atoms with Gasteiger partial charge in [0.05, 0.1) is 10.6 Å². The highest BCUT2D eigenvalue weighted by Gasteiger charge is 2.10. The number of rotatable bonds is 4. The molecule has 0 fully saturated rings. The zero-order valence-corrected chi connectivity index (χ0v) is 10.8. The molecule has 0 radical (unpaired) electrons. The molecule has 0 amide bonds. The van der Waals surface area contributed by atoms with Crippen LogP contribution in [0, 0.1) is 6.92 Å². The van der Waals surface area contributed by atoms with Gasteiger partial charge in [-0.3, -0.25) is 4.79 Å². The third-order valence-corrected chi connectivity index (χ3v) is 4.22. The zero-order chi connectivity index (χ0) is 11.5. The van der Waals surface area contributed by atoms with Gasteiger partial charge in [-0.2, -0.15) is 0 Å². The Morgan fingerprint density at radius 2 is 2.38 bits per heavy atom. The maximum atomic E-state index is 11.8. The van der Waals surface area contributed by atoms with E-state index in [0.717, 1.165) is 10.0 Å². The van der Waals surface area contributed by atoms with E-state index in [-0.39, 0.29) is 5.78 Å². The van der Waals surface area contributed by atoms with E-state index in [2.05, 4.69) is 4.98 Å². The van der Waals surface area contributed by atoms with E-state index < -0.39 is 0 Å². The minimum Gasteiger partial charge on any atom is -0.329 e. The van der Waals surface area contributed by atoms with Gasteiger partial charge in [0.25, 0.3) is 0 Å². The SMILES string of the molecule is Cc1ccc(C(=O)CSc2nccn2C)s1. The molecule has 2 rings (SSSR count). The largest absolute Gasteiger partial charge is 0.329 e. The summed E-state index contributed by atoms with van der Waals surface area (Å²) in [4.78, 5) is 18.0. The van der Waals surface area contributed by atoms with Gasteiger partial charge in [0, 0.05) is 24.3 Å². The first-order valence-corrected chi connectivity index (χ1v) is 6.67. The van der Waals surface area contributed by atoms with Gasteiger partial charge in [-0.15, -0.1) is 11.3 Å². The molecule has 84 valence electrons. The molecule has 0 bridgehead atoms. The number of Topliss-reactive ketones (excluding diaryl/α,β-unsaturated/α-hetero) is 1. The van der Waals surface area contributed by atoms with Crippen LogP contribution in [0.2, 0.25) is 0 Å². The van der Waals surface area contributed by atoms with Crippen molar-refractivity contribution in [3.05, 3.63) is 34.3 Å². The molecule has 0 saturated heterocycles. The molecule has 2 heterocycles. The number of thioether (sulfide) groups is 1. The lowest BCUT2D eigenvalue weighted by molar-refractivity contribution is 0.102. The summed E-state index contributed by atoms with van der Waals surface area (Å²) in [6.07, 6.45) is 3.62. The van der Waals surface area contributed by atoms with Gasteiger partial charge in [0.15, 0.2) is 10.9 Å². The number of nitrogens with zero attached hydrogens (tertiary/aromatic N) is 2. The van der Waals surface area contributed by atoms with Crippen molar-refractivity contribution in [1.82, 2.24) is 9.55 Å². The number of carbonyl (C=O) groups is 1. The lowest BCUT2D eigenvalue weighted by Gasteiger charge is -1.99. The van der Waals surface area contributed by atoms with Gasteiger partial charge >= 0.3 is 0 Å². The van der Waals surface area contributed by atoms with E-state index in [4.69, 9.17) is 0 Å². The first-order valence-electron chi connectivity index (χ1n) is 4.86. The maximum absolute atomic E-state index is 11.8. The minimum absolute atomic E-state index is 0.172. The van der Waals surface area contributed by atoms with Crippen molar-refractivity contribution < 1.29 is 4.79 Å². The van der Waals surface area contributed by atoms with Gasteiger partial charge < -0.3 is 4.57 Å². The fraction of sp³-hybridized carbons (Fsp3) is 0.273. The van der Waals surface area contributed by atoms with Crippen LogP contribution in [0.1, 0.15) is 14.5 Å². The molecule has 5 heteroatoms. The summed E-state index contributed by atoms with van der Waals surface area (Å²) in [6.45, 7) is 2.01. The van der Waals surface area contributed by atoms with Crippen LogP contribution in [-0.4, -0.2) is 21.1 Å². The van der Waals surface area contributed by atoms with Crippen LogP contribution in [-0.2, 0) is 7.05 Å². The quantitative estimate of drug-likeness (QED) is 0.620. The summed E-state index contributed by atoms with van der Waals surface area (Å²) in [5.74, 6) is 0.622. The Morgan fingerprint density at radius 1 is 1.56 bits per heavy atom. The van der Waals surface area contributed by atoms with Gasteiger partial charge in [-0.1, -0.05) is 11.8 Å². The zero-order valence-electron chi connectivity index (χ0n) is 9.14. The van der Waals surface area contributed by atoms with Crippen LogP contribution < -0.4 is 0 Å². The van der Waals surface area contributed by atoms with E-state index in [9.17, 15) is 4.79 Å². The molecule has 2 aromatic heterocycles. The monoisotopic (exact) mass is 252 g/mol. The molecule has 2 aromatic rings. The molecule has 0 aliphatic rings. The second kappa shape index (κ2) is 4.84. The van der Waals surface area contributed by atoms with Crippen LogP contribution in [0.4, 0.5) is 0 Å². The average Bonchev–Trinajstić information content (AvgIpc) is 2.84. The van der Waals surface area contributed by atoms with Crippen molar-refractivity contribution in [3.63, 3.8) is 0 Å². The Balaban J connectivity index is 1.96. The van der Waals surface area contributed by atoms with Crippen LogP contribution in [0.5, 0.6) is 0 Å². The number of hydrogen-bond donors (Lipinski definition) is 0. The average molecular weight is 252 g/mol.